The van der Waals surface area contributed by atoms with Crippen LogP contribution in [0, 0.1) is 5.82 Å². The van der Waals surface area contributed by atoms with Crippen LogP contribution in [-0.2, 0) is 16.1 Å². The predicted octanol–water partition coefficient (Wildman–Crippen LogP) is 3.53. The molecule has 0 atom stereocenters. The van der Waals surface area contributed by atoms with E-state index >= 15 is 0 Å². The second-order valence-corrected chi connectivity index (χ2v) is 4.62. The number of halogens is 2. The SMILES string of the molecule is CC(C)OCCOCc1ccc(Br)cc1F. The minimum atomic E-state index is -0.251. The molecule has 0 bridgehead atoms. The molecule has 0 N–H and O–H groups in total. The van der Waals surface area contributed by atoms with Crippen LogP contribution in [0.2, 0.25) is 0 Å². The Kier molecular flexibility index (Phi) is 5.95. The lowest BCUT2D eigenvalue weighted by Crippen LogP contribution is -2.09. The molecule has 0 aromatic heterocycles. The minimum Gasteiger partial charge on any atom is -0.376 e. The van der Waals surface area contributed by atoms with E-state index in [9.17, 15) is 4.39 Å². The number of rotatable bonds is 6. The van der Waals surface area contributed by atoms with Crippen molar-refractivity contribution < 1.29 is 13.9 Å². The molecule has 0 unspecified atom stereocenters. The fourth-order valence-electron chi connectivity index (χ4n) is 1.16. The van der Waals surface area contributed by atoms with Crippen molar-refractivity contribution in [3.8, 4) is 0 Å². The lowest BCUT2D eigenvalue weighted by molar-refractivity contribution is 0.0137. The molecule has 90 valence electrons. The van der Waals surface area contributed by atoms with Crippen LogP contribution >= 0.6 is 15.9 Å². The number of hydrogen-bond acceptors (Lipinski definition) is 2. The number of benzene rings is 1. The van der Waals surface area contributed by atoms with E-state index in [1.807, 2.05) is 13.8 Å². The summed E-state index contributed by atoms with van der Waals surface area (Å²) >= 11 is 3.20. The summed E-state index contributed by atoms with van der Waals surface area (Å²) in [5, 5.41) is 0. The first-order chi connectivity index (χ1) is 7.59. The summed E-state index contributed by atoms with van der Waals surface area (Å²) < 4.78 is 24.7. The van der Waals surface area contributed by atoms with Gasteiger partial charge in [-0.25, -0.2) is 4.39 Å². The molecule has 1 rings (SSSR count). The third-order valence-corrected chi connectivity index (χ3v) is 2.44. The molecular weight excluding hydrogens is 275 g/mol. The molecule has 1 aromatic carbocycles. The Balaban J connectivity index is 2.27. The van der Waals surface area contributed by atoms with Crippen LogP contribution in [0.4, 0.5) is 4.39 Å². The van der Waals surface area contributed by atoms with E-state index in [1.165, 1.54) is 6.07 Å². The fourth-order valence-corrected chi connectivity index (χ4v) is 1.50. The van der Waals surface area contributed by atoms with E-state index in [-0.39, 0.29) is 18.5 Å². The topological polar surface area (TPSA) is 18.5 Å². The molecule has 16 heavy (non-hydrogen) atoms. The Hall–Kier alpha value is -0.450. The quantitative estimate of drug-likeness (QED) is 0.746. The monoisotopic (exact) mass is 290 g/mol. The van der Waals surface area contributed by atoms with Crippen LogP contribution in [-0.4, -0.2) is 19.3 Å². The number of ether oxygens (including phenoxy) is 2. The molecule has 0 aliphatic rings. The van der Waals surface area contributed by atoms with E-state index < -0.39 is 0 Å². The molecule has 4 heteroatoms. The first-order valence-electron chi connectivity index (χ1n) is 5.23. The van der Waals surface area contributed by atoms with Crippen molar-refractivity contribution in [3.05, 3.63) is 34.1 Å². The summed E-state index contributed by atoms with van der Waals surface area (Å²) in [5.74, 6) is -0.251. The first-order valence-corrected chi connectivity index (χ1v) is 6.02. The second kappa shape index (κ2) is 6.99. The van der Waals surface area contributed by atoms with Gasteiger partial charge in [0.05, 0.1) is 25.9 Å². The molecule has 0 amide bonds. The fraction of sp³-hybridized carbons (Fsp3) is 0.500. The highest BCUT2D eigenvalue weighted by Crippen LogP contribution is 2.15. The Labute approximate surface area is 104 Å². The molecule has 0 aliphatic carbocycles. The van der Waals surface area contributed by atoms with Crippen molar-refractivity contribution in [3.63, 3.8) is 0 Å². The summed E-state index contributed by atoms with van der Waals surface area (Å²) in [6, 6.07) is 4.94. The van der Waals surface area contributed by atoms with Gasteiger partial charge in [-0.1, -0.05) is 22.0 Å². The molecule has 1 aromatic rings. The van der Waals surface area contributed by atoms with Crippen molar-refractivity contribution >= 4 is 15.9 Å². The van der Waals surface area contributed by atoms with Crippen LogP contribution in [0.3, 0.4) is 0 Å². The Morgan fingerprint density at radius 1 is 1.31 bits per heavy atom. The minimum absolute atomic E-state index is 0.202. The Morgan fingerprint density at radius 2 is 2.06 bits per heavy atom. The number of hydrogen-bond donors (Lipinski definition) is 0. The van der Waals surface area contributed by atoms with Gasteiger partial charge in [-0.3, -0.25) is 0 Å². The van der Waals surface area contributed by atoms with Crippen molar-refractivity contribution in [1.82, 2.24) is 0 Å². The molecule has 0 aliphatic heterocycles. The largest absolute Gasteiger partial charge is 0.376 e. The van der Waals surface area contributed by atoms with E-state index in [2.05, 4.69) is 15.9 Å². The van der Waals surface area contributed by atoms with Crippen LogP contribution in [0.25, 0.3) is 0 Å². The van der Waals surface area contributed by atoms with Gasteiger partial charge in [-0.05, 0) is 26.0 Å². The first kappa shape index (κ1) is 13.6. The van der Waals surface area contributed by atoms with Gasteiger partial charge >= 0.3 is 0 Å². The van der Waals surface area contributed by atoms with Gasteiger partial charge in [0.1, 0.15) is 5.82 Å². The maximum Gasteiger partial charge on any atom is 0.129 e. The molecule has 0 saturated carbocycles. The van der Waals surface area contributed by atoms with E-state index in [4.69, 9.17) is 9.47 Å². The molecule has 0 saturated heterocycles. The summed E-state index contributed by atoms with van der Waals surface area (Å²) in [6.45, 7) is 5.23. The van der Waals surface area contributed by atoms with E-state index in [1.54, 1.807) is 12.1 Å². The molecule has 0 fully saturated rings. The maximum atomic E-state index is 13.3. The molecule has 0 spiro atoms. The summed E-state index contributed by atoms with van der Waals surface area (Å²) in [7, 11) is 0. The van der Waals surface area contributed by atoms with Crippen LogP contribution < -0.4 is 0 Å². The van der Waals surface area contributed by atoms with Gasteiger partial charge < -0.3 is 9.47 Å². The zero-order valence-corrected chi connectivity index (χ0v) is 11.1. The molecule has 0 heterocycles. The van der Waals surface area contributed by atoms with Gasteiger partial charge in [-0.2, -0.15) is 0 Å². The third kappa shape index (κ3) is 5.05. The summed E-state index contributed by atoms with van der Waals surface area (Å²) in [5.41, 5.74) is 0.563. The van der Waals surface area contributed by atoms with Crippen molar-refractivity contribution in [2.75, 3.05) is 13.2 Å². The van der Waals surface area contributed by atoms with Crippen LogP contribution in [0.15, 0.2) is 22.7 Å². The van der Waals surface area contributed by atoms with E-state index in [0.29, 0.717) is 18.8 Å². The molecular formula is C12H16BrFO2. The van der Waals surface area contributed by atoms with Gasteiger partial charge in [0.15, 0.2) is 0 Å². The second-order valence-electron chi connectivity index (χ2n) is 3.71. The van der Waals surface area contributed by atoms with Crippen LogP contribution in [0.1, 0.15) is 19.4 Å². The van der Waals surface area contributed by atoms with Crippen molar-refractivity contribution in [2.24, 2.45) is 0 Å². The van der Waals surface area contributed by atoms with Gasteiger partial charge in [0, 0.05) is 10.0 Å². The van der Waals surface area contributed by atoms with E-state index in [0.717, 1.165) is 4.47 Å². The Morgan fingerprint density at radius 3 is 2.69 bits per heavy atom. The van der Waals surface area contributed by atoms with Gasteiger partial charge in [-0.15, -0.1) is 0 Å². The predicted molar refractivity (Wildman–Crippen MR) is 64.8 cm³/mol. The van der Waals surface area contributed by atoms with Crippen molar-refractivity contribution in [2.45, 2.75) is 26.6 Å². The highest BCUT2D eigenvalue weighted by Gasteiger charge is 2.02. The van der Waals surface area contributed by atoms with Crippen molar-refractivity contribution in [1.29, 1.82) is 0 Å². The average Bonchev–Trinajstić information content (AvgIpc) is 2.20. The zero-order valence-electron chi connectivity index (χ0n) is 9.50. The Bertz CT molecular complexity index is 329. The summed E-state index contributed by atoms with van der Waals surface area (Å²) in [6.07, 6.45) is 0.202. The molecule has 0 radical (unpaired) electrons. The normalized spacial score (nSPS) is 11.1. The highest BCUT2D eigenvalue weighted by molar-refractivity contribution is 9.10. The molecule has 2 nitrogen and oxygen atoms in total. The third-order valence-electron chi connectivity index (χ3n) is 1.95. The average molecular weight is 291 g/mol. The highest BCUT2D eigenvalue weighted by atomic mass is 79.9. The standard InChI is InChI=1S/C12H16BrFO2/c1-9(2)16-6-5-15-8-10-3-4-11(13)7-12(10)14/h3-4,7,9H,5-6,8H2,1-2H3. The van der Waals surface area contributed by atoms with Crippen LogP contribution in [0.5, 0.6) is 0 Å². The van der Waals surface area contributed by atoms with Gasteiger partial charge in [0.25, 0.3) is 0 Å². The smallest absolute Gasteiger partial charge is 0.129 e. The summed E-state index contributed by atoms with van der Waals surface area (Å²) in [4.78, 5) is 0. The lowest BCUT2D eigenvalue weighted by atomic mass is 10.2. The van der Waals surface area contributed by atoms with Gasteiger partial charge in [0.2, 0.25) is 0 Å². The lowest BCUT2D eigenvalue weighted by Gasteiger charge is -2.08. The maximum absolute atomic E-state index is 13.3. The zero-order chi connectivity index (χ0) is 12.0.